The van der Waals surface area contributed by atoms with Gasteiger partial charge in [-0.2, -0.15) is 11.8 Å². The van der Waals surface area contributed by atoms with Gasteiger partial charge in [0.2, 0.25) is 0 Å². The van der Waals surface area contributed by atoms with E-state index in [0.29, 0.717) is 4.75 Å². The van der Waals surface area contributed by atoms with E-state index in [-0.39, 0.29) is 5.84 Å². The number of hydrogen-bond acceptors (Lipinski definition) is 5. The highest BCUT2D eigenvalue weighted by atomic mass is 32.2. The summed E-state index contributed by atoms with van der Waals surface area (Å²) in [5.74, 6) is 1.20. The summed E-state index contributed by atoms with van der Waals surface area (Å²) in [6, 6.07) is 2.03. The molecule has 3 N–H and O–H groups in total. The lowest BCUT2D eigenvalue weighted by atomic mass is 10.1. The summed E-state index contributed by atoms with van der Waals surface area (Å²) in [7, 11) is 0. The minimum Gasteiger partial charge on any atom is -0.409 e. The molecule has 0 radical (unpaired) electrons. The second-order valence-electron chi connectivity index (χ2n) is 6.07. The zero-order valence-corrected chi connectivity index (χ0v) is 14.0. The van der Waals surface area contributed by atoms with Crippen molar-refractivity contribution in [2.45, 2.75) is 38.9 Å². The quantitative estimate of drug-likeness (QED) is 0.380. The second kappa shape index (κ2) is 6.13. The predicted octanol–water partition coefficient (Wildman–Crippen LogP) is 2.51. The Labute approximate surface area is 130 Å². The monoisotopic (exact) mass is 308 g/mol. The van der Waals surface area contributed by atoms with Crippen LogP contribution in [0.4, 0.5) is 5.69 Å². The van der Waals surface area contributed by atoms with Gasteiger partial charge in [0.15, 0.2) is 5.84 Å². The van der Waals surface area contributed by atoms with Crippen LogP contribution in [-0.2, 0) is 0 Å². The lowest BCUT2D eigenvalue weighted by Crippen LogP contribution is -2.30. The molecule has 1 aliphatic heterocycles. The SMILES string of the molecule is Cc1cc(N2CCSC(C)(C)CC2)c(/C(N)=N/O)c(C)n1. The summed E-state index contributed by atoms with van der Waals surface area (Å²) in [6.07, 6.45) is 1.10. The van der Waals surface area contributed by atoms with Gasteiger partial charge >= 0.3 is 0 Å². The number of nitrogens with two attached hydrogens (primary N) is 1. The van der Waals surface area contributed by atoms with Crippen LogP contribution in [0.25, 0.3) is 0 Å². The normalized spacial score (nSPS) is 19.4. The summed E-state index contributed by atoms with van der Waals surface area (Å²) in [4.78, 5) is 6.78. The Morgan fingerprint density at radius 1 is 1.43 bits per heavy atom. The molecule has 0 aromatic carbocycles. The zero-order valence-electron chi connectivity index (χ0n) is 13.2. The molecule has 1 fully saturated rings. The molecule has 5 nitrogen and oxygen atoms in total. The Kier molecular flexibility index (Phi) is 4.66. The van der Waals surface area contributed by atoms with Gasteiger partial charge in [-0.05, 0) is 26.3 Å². The molecule has 1 aromatic heterocycles. The number of aryl methyl sites for hydroxylation is 2. The van der Waals surface area contributed by atoms with Crippen LogP contribution < -0.4 is 10.6 Å². The molecule has 0 aliphatic carbocycles. The minimum atomic E-state index is 0.131. The Morgan fingerprint density at radius 2 is 2.14 bits per heavy atom. The molecule has 0 bridgehead atoms. The van der Waals surface area contributed by atoms with Gasteiger partial charge in [0.25, 0.3) is 0 Å². The van der Waals surface area contributed by atoms with Crippen LogP contribution in [0.3, 0.4) is 0 Å². The molecule has 0 saturated carbocycles. The van der Waals surface area contributed by atoms with E-state index < -0.39 is 0 Å². The van der Waals surface area contributed by atoms with Gasteiger partial charge in [0.1, 0.15) is 0 Å². The molecular formula is C15H24N4OS. The van der Waals surface area contributed by atoms with Crippen LogP contribution in [0.15, 0.2) is 11.2 Å². The van der Waals surface area contributed by atoms with Crippen molar-refractivity contribution in [3.63, 3.8) is 0 Å². The van der Waals surface area contributed by atoms with Crippen molar-refractivity contribution in [3.05, 3.63) is 23.0 Å². The lowest BCUT2D eigenvalue weighted by Gasteiger charge is -2.27. The molecule has 1 aliphatic rings. The third-order valence-electron chi connectivity index (χ3n) is 3.85. The number of aromatic nitrogens is 1. The largest absolute Gasteiger partial charge is 0.409 e. The first-order valence-electron chi connectivity index (χ1n) is 7.19. The fourth-order valence-electron chi connectivity index (χ4n) is 2.69. The Morgan fingerprint density at radius 3 is 2.81 bits per heavy atom. The molecule has 0 spiro atoms. The predicted molar refractivity (Wildman–Crippen MR) is 89.6 cm³/mol. The first-order valence-corrected chi connectivity index (χ1v) is 8.17. The van der Waals surface area contributed by atoms with Crippen LogP contribution in [0, 0.1) is 13.8 Å². The number of rotatable bonds is 2. The van der Waals surface area contributed by atoms with Crippen LogP contribution in [-0.4, -0.2) is 39.6 Å². The second-order valence-corrected chi connectivity index (χ2v) is 7.88. The molecule has 0 atom stereocenters. The number of amidine groups is 1. The summed E-state index contributed by atoms with van der Waals surface area (Å²) in [5, 5.41) is 12.2. The molecule has 21 heavy (non-hydrogen) atoms. The first kappa shape index (κ1) is 15.9. The third kappa shape index (κ3) is 3.61. The molecule has 1 aromatic rings. The average Bonchev–Trinajstić information content (AvgIpc) is 2.58. The van der Waals surface area contributed by atoms with E-state index in [4.69, 9.17) is 10.9 Å². The molecule has 116 valence electrons. The maximum absolute atomic E-state index is 9.06. The molecule has 2 heterocycles. The van der Waals surface area contributed by atoms with Crippen LogP contribution in [0.2, 0.25) is 0 Å². The highest BCUT2D eigenvalue weighted by molar-refractivity contribution is 8.00. The van der Waals surface area contributed by atoms with Crippen LogP contribution >= 0.6 is 11.8 Å². The van der Waals surface area contributed by atoms with Crippen molar-refractivity contribution in [2.24, 2.45) is 10.9 Å². The van der Waals surface area contributed by atoms with E-state index >= 15 is 0 Å². The fourth-order valence-corrected chi connectivity index (χ4v) is 3.79. The molecular weight excluding hydrogens is 284 g/mol. The fraction of sp³-hybridized carbons (Fsp3) is 0.600. The number of nitrogens with zero attached hydrogens (tertiary/aromatic N) is 3. The Hall–Kier alpha value is -1.43. The van der Waals surface area contributed by atoms with Gasteiger partial charge in [-0.3, -0.25) is 4.98 Å². The van der Waals surface area contributed by atoms with Gasteiger partial charge in [-0.15, -0.1) is 0 Å². The topological polar surface area (TPSA) is 74.7 Å². The highest BCUT2D eigenvalue weighted by Crippen LogP contribution is 2.33. The Bertz CT molecular complexity index is 557. The third-order valence-corrected chi connectivity index (χ3v) is 5.22. The van der Waals surface area contributed by atoms with E-state index in [1.54, 1.807) is 0 Å². The number of oxime groups is 1. The molecule has 0 unspecified atom stereocenters. The number of pyridine rings is 1. The molecule has 2 rings (SSSR count). The van der Waals surface area contributed by atoms with Gasteiger partial charge in [0, 0.05) is 29.3 Å². The van der Waals surface area contributed by atoms with Gasteiger partial charge in [0.05, 0.1) is 16.9 Å². The van der Waals surface area contributed by atoms with Gasteiger partial charge < -0.3 is 15.8 Å². The lowest BCUT2D eigenvalue weighted by molar-refractivity contribution is 0.318. The van der Waals surface area contributed by atoms with Crippen molar-refractivity contribution in [2.75, 3.05) is 23.7 Å². The first-order chi connectivity index (χ1) is 9.84. The van der Waals surface area contributed by atoms with E-state index in [2.05, 4.69) is 28.9 Å². The van der Waals surface area contributed by atoms with Crippen molar-refractivity contribution >= 4 is 23.3 Å². The van der Waals surface area contributed by atoms with E-state index in [0.717, 1.165) is 47.9 Å². The number of hydrogen-bond donors (Lipinski definition) is 2. The maximum atomic E-state index is 9.06. The van der Waals surface area contributed by atoms with Crippen molar-refractivity contribution in [1.29, 1.82) is 0 Å². The summed E-state index contributed by atoms with van der Waals surface area (Å²) >= 11 is 2.00. The zero-order chi connectivity index (χ0) is 15.6. The summed E-state index contributed by atoms with van der Waals surface area (Å²) in [6.45, 7) is 10.4. The summed E-state index contributed by atoms with van der Waals surface area (Å²) in [5.41, 5.74) is 9.39. The van der Waals surface area contributed by atoms with Crippen molar-refractivity contribution < 1.29 is 5.21 Å². The van der Waals surface area contributed by atoms with E-state index in [1.807, 2.05) is 31.7 Å². The van der Waals surface area contributed by atoms with E-state index in [1.165, 1.54) is 0 Å². The smallest absolute Gasteiger partial charge is 0.174 e. The van der Waals surface area contributed by atoms with E-state index in [9.17, 15) is 0 Å². The molecule has 6 heteroatoms. The molecule has 0 amide bonds. The van der Waals surface area contributed by atoms with Crippen LogP contribution in [0.1, 0.15) is 37.2 Å². The van der Waals surface area contributed by atoms with Gasteiger partial charge in [-0.25, -0.2) is 0 Å². The van der Waals surface area contributed by atoms with Crippen molar-refractivity contribution in [1.82, 2.24) is 4.98 Å². The average molecular weight is 308 g/mol. The summed E-state index contributed by atoms with van der Waals surface area (Å²) < 4.78 is 0.294. The number of anilines is 1. The minimum absolute atomic E-state index is 0.131. The standard InChI is InChI=1S/C15H24N4OS/c1-10-9-12(13(11(2)17-10)14(16)18-20)19-6-5-15(3,4)21-8-7-19/h9,20H,5-8H2,1-4H3,(H2,16,18). The Balaban J connectivity index is 2.43. The number of thioether (sulfide) groups is 1. The maximum Gasteiger partial charge on any atom is 0.174 e. The van der Waals surface area contributed by atoms with Gasteiger partial charge in [-0.1, -0.05) is 19.0 Å². The van der Waals surface area contributed by atoms with Crippen molar-refractivity contribution in [3.8, 4) is 0 Å². The molecule has 1 saturated heterocycles. The highest BCUT2D eigenvalue weighted by Gasteiger charge is 2.26. The van der Waals surface area contributed by atoms with Crippen LogP contribution in [0.5, 0.6) is 0 Å².